The number of nitrogen functional groups attached to an aromatic ring is 1. The SMILES string of the molecule is C[C@H]1CN(c2cc(F)c(-c3ccnc(N4CCOCC4)n3)cc2N)CCN1C. The average Bonchev–Trinajstić information content (AvgIpc) is 2.72. The summed E-state index contributed by atoms with van der Waals surface area (Å²) in [6.07, 6.45) is 1.67. The van der Waals surface area contributed by atoms with Gasteiger partial charge in [0.2, 0.25) is 5.95 Å². The van der Waals surface area contributed by atoms with Crippen molar-refractivity contribution in [3.63, 3.8) is 0 Å². The second kappa shape index (κ2) is 7.89. The molecule has 4 rings (SSSR count). The van der Waals surface area contributed by atoms with E-state index in [0.29, 0.717) is 42.1 Å². The molecule has 2 saturated heterocycles. The van der Waals surface area contributed by atoms with E-state index in [1.165, 1.54) is 0 Å². The highest BCUT2D eigenvalue weighted by atomic mass is 19.1. The number of morpholine rings is 1. The number of halogens is 1. The monoisotopic (exact) mass is 386 g/mol. The number of hydrogen-bond donors (Lipinski definition) is 1. The van der Waals surface area contributed by atoms with Crippen LogP contribution in [0.1, 0.15) is 6.92 Å². The van der Waals surface area contributed by atoms with Gasteiger partial charge in [0.1, 0.15) is 5.82 Å². The van der Waals surface area contributed by atoms with Crippen LogP contribution in [0, 0.1) is 5.82 Å². The average molecular weight is 386 g/mol. The molecule has 150 valence electrons. The number of nitrogens with zero attached hydrogens (tertiary/aromatic N) is 5. The molecule has 0 aliphatic carbocycles. The van der Waals surface area contributed by atoms with Crippen LogP contribution >= 0.6 is 0 Å². The zero-order valence-corrected chi connectivity index (χ0v) is 16.4. The molecule has 2 N–H and O–H groups in total. The molecule has 2 aliphatic rings. The fourth-order valence-electron chi connectivity index (χ4n) is 3.73. The standard InChI is InChI=1S/C20H27FN6O/c1-14-13-27(6-5-25(14)2)19-12-16(21)15(11-17(19)22)18-3-4-23-20(24-18)26-7-9-28-10-8-26/h3-4,11-12,14H,5-10,13,22H2,1-2H3/t14-/m0/s1. The molecule has 1 atom stereocenters. The van der Waals surface area contributed by atoms with Gasteiger partial charge in [-0.25, -0.2) is 14.4 Å². The maximum absolute atomic E-state index is 15.0. The first-order valence-electron chi connectivity index (χ1n) is 9.73. The number of piperazine rings is 1. The van der Waals surface area contributed by atoms with E-state index in [1.807, 2.05) is 4.90 Å². The van der Waals surface area contributed by atoms with Crippen LogP contribution in [0.3, 0.4) is 0 Å². The molecule has 1 aromatic carbocycles. The van der Waals surface area contributed by atoms with Crippen molar-refractivity contribution in [1.82, 2.24) is 14.9 Å². The maximum atomic E-state index is 15.0. The van der Waals surface area contributed by atoms with E-state index in [1.54, 1.807) is 24.4 Å². The van der Waals surface area contributed by atoms with Crippen molar-refractivity contribution < 1.29 is 9.13 Å². The first-order valence-corrected chi connectivity index (χ1v) is 9.73. The Bertz CT molecular complexity index is 841. The summed E-state index contributed by atoms with van der Waals surface area (Å²) in [6.45, 7) is 7.51. The van der Waals surface area contributed by atoms with Gasteiger partial charge < -0.3 is 25.2 Å². The Morgan fingerprint density at radius 1 is 1.14 bits per heavy atom. The quantitative estimate of drug-likeness (QED) is 0.807. The van der Waals surface area contributed by atoms with Crippen molar-refractivity contribution in [1.29, 1.82) is 0 Å². The van der Waals surface area contributed by atoms with Gasteiger partial charge in [0.05, 0.1) is 30.3 Å². The second-order valence-electron chi connectivity index (χ2n) is 7.51. The van der Waals surface area contributed by atoms with Crippen molar-refractivity contribution in [2.45, 2.75) is 13.0 Å². The second-order valence-corrected chi connectivity index (χ2v) is 7.51. The summed E-state index contributed by atoms with van der Waals surface area (Å²) in [5, 5.41) is 0. The van der Waals surface area contributed by atoms with Gasteiger partial charge in [-0.3, -0.25) is 0 Å². The van der Waals surface area contributed by atoms with Crippen molar-refractivity contribution in [2.75, 3.05) is 68.5 Å². The molecule has 2 aromatic rings. The molecule has 2 fully saturated rings. The Morgan fingerprint density at radius 3 is 2.68 bits per heavy atom. The molecule has 0 radical (unpaired) electrons. The fourth-order valence-corrected chi connectivity index (χ4v) is 3.73. The predicted octanol–water partition coefficient (Wildman–Crippen LogP) is 1.84. The lowest BCUT2D eigenvalue weighted by Gasteiger charge is -2.39. The molecular weight excluding hydrogens is 359 g/mol. The number of rotatable bonds is 3. The van der Waals surface area contributed by atoms with Crippen LogP contribution in [-0.2, 0) is 4.74 Å². The van der Waals surface area contributed by atoms with E-state index < -0.39 is 0 Å². The van der Waals surface area contributed by atoms with E-state index in [0.717, 1.165) is 38.4 Å². The third-order valence-electron chi connectivity index (χ3n) is 5.63. The summed E-state index contributed by atoms with van der Waals surface area (Å²) in [4.78, 5) is 15.4. The summed E-state index contributed by atoms with van der Waals surface area (Å²) in [5.41, 5.74) is 8.59. The number of likely N-dealkylation sites (N-methyl/N-ethyl adjacent to an activating group) is 1. The van der Waals surface area contributed by atoms with Crippen molar-refractivity contribution in [3.8, 4) is 11.3 Å². The summed E-state index contributed by atoms with van der Waals surface area (Å²) >= 11 is 0. The molecule has 0 saturated carbocycles. The Labute approximate surface area is 164 Å². The van der Waals surface area contributed by atoms with Crippen LogP contribution in [0.15, 0.2) is 24.4 Å². The van der Waals surface area contributed by atoms with Crippen molar-refractivity contribution >= 4 is 17.3 Å². The number of ether oxygens (including phenoxy) is 1. The molecule has 0 unspecified atom stereocenters. The zero-order valence-electron chi connectivity index (χ0n) is 16.4. The van der Waals surface area contributed by atoms with Crippen LogP contribution in [0.2, 0.25) is 0 Å². The van der Waals surface area contributed by atoms with Gasteiger partial charge in [-0.2, -0.15) is 0 Å². The van der Waals surface area contributed by atoms with E-state index in [-0.39, 0.29) is 5.82 Å². The molecule has 8 heteroatoms. The molecule has 0 bridgehead atoms. The normalized spacial score (nSPS) is 21.2. The maximum Gasteiger partial charge on any atom is 0.226 e. The predicted molar refractivity (Wildman–Crippen MR) is 109 cm³/mol. The first kappa shape index (κ1) is 18.9. The van der Waals surface area contributed by atoms with Crippen LogP contribution in [-0.4, -0.2) is 73.9 Å². The van der Waals surface area contributed by atoms with E-state index in [4.69, 9.17) is 10.5 Å². The molecule has 28 heavy (non-hydrogen) atoms. The smallest absolute Gasteiger partial charge is 0.226 e. The molecule has 2 aliphatic heterocycles. The highest BCUT2D eigenvalue weighted by Crippen LogP contribution is 2.33. The van der Waals surface area contributed by atoms with Gasteiger partial charge in [-0.15, -0.1) is 0 Å². The first-order chi connectivity index (χ1) is 13.5. The number of aromatic nitrogens is 2. The third-order valence-corrected chi connectivity index (χ3v) is 5.63. The van der Waals surface area contributed by atoms with Crippen molar-refractivity contribution in [2.24, 2.45) is 0 Å². The van der Waals surface area contributed by atoms with Crippen LogP contribution in [0.25, 0.3) is 11.3 Å². The minimum Gasteiger partial charge on any atom is -0.397 e. The van der Waals surface area contributed by atoms with Gasteiger partial charge in [0.25, 0.3) is 0 Å². The minimum absolute atomic E-state index is 0.317. The van der Waals surface area contributed by atoms with E-state index in [2.05, 4.69) is 33.7 Å². The Balaban J connectivity index is 1.62. The van der Waals surface area contributed by atoms with Gasteiger partial charge in [-0.05, 0) is 32.2 Å². The molecule has 7 nitrogen and oxygen atoms in total. The highest BCUT2D eigenvalue weighted by Gasteiger charge is 2.24. The number of anilines is 3. The largest absolute Gasteiger partial charge is 0.397 e. The van der Waals surface area contributed by atoms with Crippen LogP contribution in [0.4, 0.5) is 21.7 Å². The summed E-state index contributed by atoms with van der Waals surface area (Å²) in [6, 6.07) is 5.35. The zero-order chi connectivity index (χ0) is 19.7. The molecule has 1 aromatic heterocycles. The minimum atomic E-state index is -0.317. The van der Waals surface area contributed by atoms with Gasteiger partial charge in [0, 0.05) is 50.5 Å². The van der Waals surface area contributed by atoms with Crippen LogP contribution in [0.5, 0.6) is 0 Å². The summed E-state index contributed by atoms with van der Waals surface area (Å²) < 4.78 is 20.4. The molecule has 3 heterocycles. The number of hydrogen-bond acceptors (Lipinski definition) is 7. The van der Waals surface area contributed by atoms with E-state index >= 15 is 4.39 Å². The summed E-state index contributed by atoms with van der Waals surface area (Å²) in [7, 11) is 2.11. The Morgan fingerprint density at radius 2 is 1.93 bits per heavy atom. The fraction of sp³-hybridized carbons (Fsp3) is 0.500. The van der Waals surface area contributed by atoms with Crippen LogP contribution < -0.4 is 15.5 Å². The van der Waals surface area contributed by atoms with Gasteiger partial charge in [-0.1, -0.05) is 0 Å². The highest BCUT2D eigenvalue weighted by molar-refractivity contribution is 5.76. The Hall–Kier alpha value is -2.45. The molecule has 0 spiro atoms. The Kier molecular flexibility index (Phi) is 5.32. The third kappa shape index (κ3) is 3.74. The summed E-state index contributed by atoms with van der Waals surface area (Å²) in [5.74, 6) is 0.276. The lowest BCUT2D eigenvalue weighted by atomic mass is 10.1. The number of nitrogens with two attached hydrogens (primary N) is 1. The molecular formula is C20H27FN6O. The topological polar surface area (TPSA) is 70.8 Å². The number of benzene rings is 1. The van der Waals surface area contributed by atoms with Crippen molar-refractivity contribution in [3.05, 3.63) is 30.2 Å². The molecule has 0 amide bonds. The lowest BCUT2D eigenvalue weighted by molar-refractivity contribution is 0.122. The van der Waals surface area contributed by atoms with Gasteiger partial charge >= 0.3 is 0 Å². The lowest BCUT2D eigenvalue weighted by Crippen LogP contribution is -2.50. The van der Waals surface area contributed by atoms with E-state index in [9.17, 15) is 0 Å². The van der Waals surface area contributed by atoms with Gasteiger partial charge in [0.15, 0.2) is 0 Å².